The van der Waals surface area contributed by atoms with Crippen LogP contribution in [0.1, 0.15) is 49.0 Å². The molecule has 1 N–H and O–H groups in total. The van der Waals surface area contributed by atoms with Gasteiger partial charge in [-0.3, -0.25) is 4.79 Å². The SMILES string of the molecule is CC(C)(C)c1nnsc1C(=O)N1CCC(CO)CC1. The number of aliphatic hydroxyl groups excluding tert-OH is 1. The Labute approximate surface area is 117 Å². The lowest BCUT2D eigenvalue weighted by Crippen LogP contribution is -2.39. The Kier molecular flexibility index (Phi) is 4.20. The van der Waals surface area contributed by atoms with Crippen molar-refractivity contribution < 1.29 is 9.90 Å². The summed E-state index contributed by atoms with van der Waals surface area (Å²) in [7, 11) is 0. The van der Waals surface area contributed by atoms with E-state index < -0.39 is 0 Å². The fourth-order valence-electron chi connectivity index (χ4n) is 2.28. The van der Waals surface area contributed by atoms with E-state index >= 15 is 0 Å². The molecule has 0 spiro atoms. The Bertz CT molecular complexity index is 445. The average molecular weight is 283 g/mol. The van der Waals surface area contributed by atoms with Gasteiger partial charge >= 0.3 is 0 Å². The summed E-state index contributed by atoms with van der Waals surface area (Å²) >= 11 is 1.18. The van der Waals surface area contributed by atoms with E-state index in [4.69, 9.17) is 5.11 Å². The standard InChI is InChI=1S/C13H21N3O2S/c1-13(2,3)11-10(19-15-14-11)12(18)16-6-4-9(8-17)5-7-16/h9,17H,4-8H2,1-3H3. The third-order valence-corrected chi connectivity index (χ3v) is 4.27. The van der Waals surface area contributed by atoms with E-state index in [9.17, 15) is 4.79 Å². The number of hydrogen-bond acceptors (Lipinski definition) is 5. The van der Waals surface area contributed by atoms with Gasteiger partial charge in [0.25, 0.3) is 5.91 Å². The van der Waals surface area contributed by atoms with Crippen molar-refractivity contribution in [2.75, 3.05) is 19.7 Å². The van der Waals surface area contributed by atoms with Gasteiger partial charge in [0.2, 0.25) is 0 Å². The molecule has 1 aliphatic heterocycles. The first-order chi connectivity index (χ1) is 8.93. The van der Waals surface area contributed by atoms with Crippen LogP contribution < -0.4 is 0 Å². The first-order valence-electron chi connectivity index (χ1n) is 6.66. The number of likely N-dealkylation sites (tertiary alicyclic amines) is 1. The lowest BCUT2D eigenvalue weighted by atomic mass is 9.91. The molecule has 106 valence electrons. The van der Waals surface area contributed by atoms with E-state index in [-0.39, 0.29) is 17.9 Å². The van der Waals surface area contributed by atoms with Crippen molar-refractivity contribution in [1.82, 2.24) is 14.5 Å². The minimum atomic E-state index is -0.165. The number of aromatic nitrogens is 2. The Morgan fingerprint density at radius 1 is 1.42 bits per heavy atom. The summed E-state index contributed by atoms with van der Waals surface area (Å²) in [4.78, 5) is 15.0. The lowest BCUT2D eigenvalue weighted by molar-refractivity contribution is 0.0653. The molecule has 0 bridgehead atoms. The predicted octanol–water partition coefficient (Wildman–Crippen LogP) is 1.68. The first-order valence-corrected chi connectivity index (χ1v) is 7.43. The van der Waals surface area contributed by atoms with Crippen LogP contribution in [-0.2, 0) is 5.41 Å². The number of aliphatic hydroxyl groups is 1. The highest BCUT2D eigenvalue weighted by Crippen LogP contribution is 2.28. The molecule has 1 fully saturated rings. The molecule has 0 unspecified atom stereocenters. The Morgan fingerprint density at radius 2 is 2.05 bits per heavy atom. The number of carbonyl (C=O) groups is 1. The van der Waals surface area contributed by atoms with Gasteiger partial charge in [-0.2, -0.15) is 0 Å². The molecule has 0 aromatic carbocycles. The van der Waals surface area contributed by atoms with Gasteiger partial charge in [-0.1, -0.05) is 25.3 Å². The summed E-state index contributed by atoms with van der Waals surface area (Å²) in [5.41, 5.74) is 0.619. The maximum atomic E-state index is 12.5. The largest absolute Gasteiger partial charge is 0.396 e. The second-order valence-corrected chi connectivity index (χ2v) is 6.87. The predicted molar refractivity (Wildman–Crippen MR) is 74.3 cm³/mol. The highest BCUT2D eigenvalue weighted by Gasteiger charge is 2.30. The lowest BCUT2D eigenvalue weighted by Gasteiger charge is -2.31. The van der Waals surface area contributed by atoms with Gasteiger partial charge in [0.1, 0.15) is 4.88 Å². The molecular weight excluding hydrogens is 262 g/mol. The van der Waals surface area contributed by atoms with Crippen molar-refractivity contribution in [3.05, 3.63) is 10.6 Å². The van der Waals surface area contributed by atoms with Crippen LogP contribution in [0.15, 0.2) is 0 Å². The number of piperidine rings is 1. The first kappa shape index (κ1) is 14.4. The summed E-state index contributed by atoms with van der Waals surface area (Å²) in [6.07, 6.45) is 1.75. The number of nitrogens with zero attached hydrogens (tertiary/aromatic N) is 3. The molecule has 0 radical (unpaired) electrons. The number of hydrogen-bond donors (Lipinski definition) is 1. The van der Waals surface area contributed by atoms with E-state index in [1.54, 1.807) is 0 Å². The molecule has 0 atom stereocenters. The zero-order chi connectivity index (χ0) is 14.0. The molecule has 1 aliphatic rings. The van der Waals surface area contributed by atoms with Crippen LogP contribution in [0.4, 0.5) is 0 Å². The summed E-state index contributed by atoms with van der Waals surface area (Å²) in [5, 5.41) is 13.2. The van der Waals surface area contributed by atoms with Crippen molar-refractivity contribution in [2.24, 2.45) is 5.92 Å². The maximum Gasteiger partial charge on any atom is 0.267 e. The third kappa shape index (κ3) is 3.12. The van der Waals surface area contributed by atoms with E-state index in [1.165, 1.54) is 11.5 Å². The van der Waals surface area contributed by atoms with Gasteiger partial charge in [0, 0.05) is 25.1 Å². The van der Waals surface area contributed by atoms with Crippen molar-refractivity contribution in [2.45, 2.75) is 39.0 Å². The van der Waals surface area contributed by atoms with Crippen LogP contribution in [0.2, 0.25) is 0 Å². The average Bonchev–Trinajstić information content (AvgIpc) is 2.87. The van der Waals surface area contributed by atoms with Crippen LogP contribution in [0, 0.1) is 5.92 Å². The number of amides is 1. The molecule has 2 heterocycles. The second kappa shape index (κ2) is 5.54. The maximum absolute atomic E-state index is 12.5. The Balaban J connectivity index is 2.11. The summed E-state index contributed by atoms with van der Waals surface area (Å²) in [6, 6.07) is 0. The topological polar surface area (TPSA) is 66.3 Å². The molecule has 2 rings (SSSR count). The third-order valence-electron chi connectivity index (χ3n) is 3.55. The molecule has 1 saturated heterocycles. The normalized spacial score (nSPS) is 17.8. The van der Waals surface area contributed by atoms with Crippen LogP contribution >= 0.6 is 11.5 Å². The summed E-state index contributed by atoms with van der Waals surface area (Å²) < 4.78 is 3.94. The molecule has 6 heteroatoms. The van der Waals surface area contributed by atoms with Crippen molar-refractivity contribution >= 4 is 17.4 Å². The molecule has 1 aromatic heterocycles. The fraction of sp³-hybridized carbons (Fsp3) is 0.769. The summed E-state index contributed by atoms with van der Waals surface area (Å²) in [6.45, 7) is 7.77. The Morgan fingerprint density at radius 3 is 2.58 bits per heavy atom. The molecule has 5 nitrogen and oxygen atoms in total. The smallest absolute Gasteiger partial charge is 0.267 e. The molecule has 19 heavy (non-hydrogen) atoms. The van der Waals surface area contributed by atoms with Crippen LogP contribution in [-0.4, -0.2) is 45.2 Å². The van der Waals surface area contributed by atoms with Crippen molar-refractivity contribution in [3.8, 4) is 0 Å². The molecule has 0 aliphatic carbocycles. The molecule has 1 aromatic rings. The zero-order valence-electron chi connectivity index (χ0n) is 11.7. The van der Waals surface area contributed by atoms with Crippen molar-refractivity contribution in [1.29, 1.82) is 0 Å². The van der Waals surface area contributed by atoms with E-state index in [0.29, 0.717) is 23.9 Å². The van der Waals surface area contributed by atoms with Crippen LogP contribution in [0.5, 0.6) is 0 Å². The Hall–Kier alpha value is -1.01. The van der Waals surface area contributed by atoms with Gasteiger partial charge in [-0.05, 0) is 30.3 Å². The molecule has 0 saturated carbocycles. The monoisotopic (exact) mass is 283 g/mol. The number of carbonyl (C=O) groups excluding carboxylic acids is 1. The quantitative estimate of drug-likeness (QED) is 0.897. The van der Waals surface area contributed by atoms with E-state index in [1.807, 2.05) is 25.7 Å². The molecule has 1 amide bonds. The highest BCUT2D eigenvalue weighted by atomic mass is 32.1. The van der Waals surface area contributed by atoms with Gasteiger partial charge in [-0.15, -0.1) is 5.10 Å². The molecular formula is C13H21N3O2S. The minimum Gasteiger partial charge on any atom is -0.396 e. The van der Waals surface area contributed by atoms with Crippen molar-refractivity contribution in [3.63, 3.8) is 0 Å². The van der Waals surface area contributed by atoms with E-state index in [0.717, 1.165) is 18.5 Å². The highest BCUT2D eigenvalue weighted by molar-refractivity contribution is 7.08. The van der Waals surface area contributed by atoms with Crippen LogP contribution in [0.3, 0.4) is 0 Å². The number of rotatable bonds is 2. The zero-order valence-corrected chi connectivity index (χ0v) is 12.5. The van der Waals surface area contributed by atoms with Gasteiger partial charge in [0.15, 0.2) is 0 Å². The van der Waals surface area contributed by atoms with Gasteiger partial charge in [0.05, 0.1) is 5.69 Å². The van der Waals surface area contributed by atoms with Gasteiger partial charge < -0.3 is 10.0 Å². The minimum absolute atomic E-state index is 0.0383. The second-order valence-electron chi connectivity index (χ2n) is 6.12. The van der Waals surface area contributed by atoms with Crippen LogP contribution in [0.25, 0.3) is 0 Å². The fourth-order valence-corrected chi connectivity index (χ4v) is 3.13. The van der Waals surface area contributed by atoms with Gasteiger partial charge in [-0.25, -0.2) is 0 Å². The van der Waals surface area contributed by atoms with E-state index in [2.05, 4.69) is 9.59 Å². The summed E-state index contributed by atoms with van der Waals surface area (Å²) in [5.74, 6) is 0.377.